The highest BCUT2D eigenvalue weighted by molar-refractivity contribution is 5.53. The van der Waals surface area contributed by atoms with Crippen LogP contribution < -0.4 is 15.0 Å². The number of hydrogen-bond acceptors (Lipinski definition) is 6. The molecule has 13 heteroatoms. The standard InChI is InChI=1S/C22H23F7N4O2/c1-12-5-20(34,13-2-3-17(18(23)24)30-7-13)6-14(32-12)9-35-15-4-16(22(27,28)29)19(31-8-15)33-10-21(25,26)11-33/h2-4,7-8,12,14,18,32,34H,5-6,9-11H2,1H3. The molecule has 0 radical (unpaired) electrons. The minimum absolute atomic E-state index is 0.0908. The number of aromatic nitrogens is 2. The first-order valence-electron chi connectivity index (χ1n) is 10.8. The highest BCUT2D eigenvalue weighted by Crippen LogP contribution is 2.41. The third-order valence-electron chi connectivity index (χ3n) is 6.04. The summed E-state index contributed by atoms with van der Waals surface area (Å²) in [6, 6.07) is 2.50. The number of aliphatic hydroxyl groups is 1. The number of ether oxygens (including phenoxy) is 1. The van der Waals surface area contributed by atoms with Crippen LogP contribution in [0.15, 0.2) is 30.6 Å². The molecule has 4 heterocycles. The molecule has 2 aliphatic rings. The summed E-state index contributed by atoms with van der Waals surface area (Å²) >= 11 is 0. The van der Waals surface area contributed by atoms with Gasteiger partial charge in [-0.1, -0.05) is 6.07 Å². The zero-order valence-corrected chi connectivity index (χ0v) is 18.5. The Balaban J connectivity index is 1.46. The van der Waals surface area contributed by atoms with Gasteiger partial charge in [0.15, 0.2) is 0 Å². The maximum absolute atomic E-state index is 13.5. The molecule has 0 bridgehead atoms. The molecule has 2 aromatic heterocycles. The van der Waals surface area contributed by atoms with E-state index in [1.807, 2.05) is 0 Å². The second-order valence-corrected chi connectivity index (χ2v) is 9.04. The smallest absolute Gasteiger partial charge is 0.420 e. The summed E-state index contributed by atoms with van der Waals surface area (Å²) in [7, 11) is 0. The topological polar surface area (TPSA) is 70.5 Å². The van der Waals surface area contributed by atoms with Crippen molar-refractivity contribution in [2.45, 2.75) is 56.0 Å². The fourth-order valence-corrected chi connectivity index (χ4v) is 4.51. The number of halogens is 7. The number of pyridine rings is 2. The van der Waals surface area contributed by atoms with E-state index in [0.717, 1.165) is 17.2 Å². The van der Waals surface area contributed by atoms with Crippen LogP contribution in [0.5, 0.6) is 5.75 Å². The van der Waals surface area contributed by atoms with Crippen molar-refractivity contribution in [2.24, 2.45) is 0 Å². The van der Waals surface area contributed by atoms with Gasteiger partial charge in [-0.25, -0.2) is 22.5 Å². The van der Waals surface area contributed by atoms with Crippen LogP contribution in [-0.4, -0.2) is 52.8 Å². The Morgan fingerprint density at radius 1 is 1.17 bits per heavy atom. The number of hydrogen-bond donors (Lipinski definition) is 2. The number of anilines is 1. The van der Waals surface area contributed by atoms with Gasteiger partial charge in [-0.3, -0.25) is 4.98 Å². The third-order valence-corrected chi connectivity index (χ3v) is 6.04. The van der Waals surface area contributed by atoms with Crippen LogP contribution in [0.2, 0.25) is 0 Å². The van der Waals surface area contributed by atoms with Crippen molar-refractivity contribution in [1.82, 2.24) is 15.3 Å². The summed E-state index contributed by atoms with van der Waals surface area (Å²) in [5.74, 6) is -3.86. The zero-order valence-electron chi connectivity index (χ0n) is 18.5. The molecule has 0 aromatic carbocycles. The summed E-state index contributed by atoms with van der Waals surface area (Å²) in [4.78, 5) is 8.26. The van der Waals surface area contributed by atoms with Crippen LogP contribution in [-0.2, 0) is 11.8 Å². The number of nitrogens with one attached hydrogen (secondary N) is 1. The maximum atomic E-state index is 13.5. The molecule has 2 aliphatic heterocycles. The van der Waals surface area contributed by atoms with Crippen molar-refractivity contribution in [1.29, 1.82) is 0 Å². The van der Waals surface area contributed by atoms with E-state index in [1.165, 1.54) is 12.3 Å². The summed E-state index contributed by atoms with van der Waals surface area (Å²) < 4.78 is 98.0. The molecule has 4 rings (SSSR count). The van der Waals surface area contributed by atoms with Gasteiger partial charge in [0.1, 0.15) is 29.4 Å². The van der Waals surface area contributed by atoms with Crippen molar-refractivity contribution >= 4 is 5.82 Å². The predicted molar refractivity (Wildman–Crippen MR) is 111 cm³/mol. The Bertz CT molecular complexity index is 1040. The van der Waals surface area contributed by atoms with Crippen LogP contribution in [0.1, 0.15) is 43.0 Å². The van der Waals surface area contributed by atoms with Crippen LogP contribution >= 0.6 is 0 Å². The monoisotopic (exact) mass is 508 g/mol. The fraction of sp³-hybridized carbons (Fsp3) is 0.545. The van der Waals surface area contributed by atoms with Crippen LogP contribution in [0.25, 0.3) is 0 Å². The van der Waals surface area contributed by atoms with Crippen molar-refractivity contribution < 1.29 is 40.6 Å². The molecule has 2 N–H and O–H groups in total. The number of rotatable bonds is 6. The van der Waals surface area contributed by atoms with E-state index in [-0.39, 0.29) is 31.2 Å². The molecule has 6 nitrogen and oxygen atoms in total. The lowest BCUT2D eigenvalue weighted by molar-refractivity contribution is -0.138. The van der Waals surface area contributed by atoms with E-state index in [4.69, 9.17) is 4.74 Å². The molecule has 3 unspecified atom stereocenters. The Kier molecular flexibility index (Phi) is 6.60. The second-order valence-electron chi connectivity index (χ2n) is 9.04. The van der Waals surface area contributed by atoms with Crippen molar-refractivity contribution in [3.05, 3.63) is 47.4 Å². The Morgan fingerprint density at radius 3 is 2.46 bits per heavy atom. The number of nitrogens with zero attached hydrogens (tertiary/aromatic N) is 3. The van der Waals surface area contributed by atoms with Crippen LogP contribution in [0, 0.1) is 0 Å². The highest BCUT2D eigenvalue weighted by atomic mass is 19.4. The third kappa shape index (κ3) is 5.61. The van der Waals surface area contributed by atoms with Crippen LogP contribution in [0.3, 0.4) is 0 Å². The maximum Gasteiger partial charge on any atom is 0.420 e. The minimum Gasteiger partial charge on any atom is -0.490 e. The van der Waals surface area contributed by atoms with E-state index in [1.54, 1.807) is 6.92 Å². The van der Waals surface area contributed by atoms with E-state index < -0.39 is 60.3 Å². The molecule has 192 valence electrons. The fourth-order valence-electron chi connectivity index (χ4n) is 4.51. The quantitative estimate of drug-likeness (QED) is 0.568. The van der Waals surface area contributed by atoms with Gasteiger partial charge in [0.25, 0.3) is 12.3 Å². The summed E-state index contributed by atoms with van der Waals surface area (Å²) in [5.41, 5.74) is -2.67. The van der Waals surface area contributed by atoms with Gasteiger partial charge in [0, 0.05) is 23.8 Å². The molecular formula is C22H23F7N4O2. The Morgan fingerprint density at radius 2 is 1.89 bits per heavy atom. The first kappa shape index (κ1) is 25.4. The Labute approximate surface area is 196 Å². The normalized spacial score (nSPS) is 26.5. The molecule has 0 saturated carbocycles. The molecule has 35 heavy (non-hydrogen) atoms. The van der Waals surface area contributed by atoms with E-state index >= 15 is 0 Å². The summed E-state index contributed by atoms with van der Waals surface area (Å²) in [6.45, 7) is -0.0356. The lowest BCUT2D eigenvalue weighted by Crippen LogP contribution is -2.57. The largest absolute Gasteiger partial charge is 0.490 e. The molecule has 3 atom stereocenters. The van der Waals surface area contributed by atoms with Crippen molar-refractivity contribution in [3.8, 4) is 5.75 Å². The lowest BCUT2D eigenvalue weighted by atomic mass is 9.79. The molecule has 0 spiro atoms. The molecule has 2 saturated heterocycles. The predicted octanol–water partition coefficient (Wildman–Crippen LogP) is 4.30. The lowest BCUT2D eigenvalue weighted by Gasteiger charge is -2.41. The van der Waals surface area contributed by atoms with Gasteiger partial charge in [0.05, 0.1) is 24.9 Å². The first-order chi connectivity index (χ1) is 16.3. The van der Waals surface area contributed by atoms with Gasteiger partial charge in [-0.15, -0.1) is 0 Å². The zero-order chi connectivity index (χ0) is 25.6. The van der Waals surface area contributed by atoms with Gasteiger partial charge >= 0.3 is 6.18 Å². The Hall–Kier alpha value is -2.67. The molecule has 2 fully saturated rings. The summed E-state index contributed by atoms with van der Waals surface area (Å²) in [6.07, 6.45) is -5.00. The summed E-state index contributed by atoms with van der Waals surface area (Å²) in [5, 5.41) is 14.4. The first-order valence-corrected chi connectivity index (χ1v) is 10.8. The average Bonchev–Trinajstić information content (AvgIpc) is 2.75. The molecule has 0 amide bonds. The average molecular weight is 508 g/mol. The SMILES string of the molecule is CC1CC(O)(c2ccc(C(F)F)nc2)CC(COc2cnc(N3CC(F)(F)C3)c(C(F)(F)F)c2)N1. The minimum atomic E-state index is -4.83. The van der Waals surface area contributed by atoms with Gasteiger partial charge in [-0.2, -0.15) is 13.2 Å². The van der Waals surface area contributed by atoms with E-state index in [0.29, 0.717) is 11.6 Å². The van der Waals surface area contributed by atoms with Crippen molar-refractivity contribution in [3.63, 3.8) is 0 Å². The molecule has 0 aliphatic carbocycles. The van der Waals surface area contributed by atoms with Crippen LogP contribution in [0.4, 0.5) is 36.6 Å². The van der Waals surface area contributed by atoms with Gasteiger partial charge in [0.2, 0.25) is 0 Å². The molecular weight excluding hydrogens is 485 g/mol. The number of piperidine rings is 1. The second kappa shape index (κ2) is 9.08. The van der Waals surface area contributed by atoms with Gasteiger partial charge < -0.3 is 20.1 Å². The van der Waals surface area contributed by atoms with E-state index in [2.05, 4.69) is 15.3 Å². The van der Waals surface area contributed by atoms with Crippen molar-refractivity contribution in [2.75, 3.05) is 24.6 Å². The van der Waals surface area contributed by atoms with Gasteiger partial charge in [-0.05, 0) is 31.9 Å². The number of alkyl halides is 7. The molecule has 2 aromatic rings. The van der Waals surface area contributed by atoms with E-state index in [9.17, 15) is 35.8 Å². The highest BCUT2D eigenvalue weighted by Gasteiger charge is 2.48.